The highest BCUT2D eigenvalue weighted by Gasteiger charge is 2.28. The number of benzene rings is 3. The Morgan fingerprint density at radius 2 is 1.65 bits per heavy atom. The molecule has 3 aromatic carbocycles. The van der Waals surface area contributed by atoms with E-state index in [1.807, 2.05) is 12.1 Å². The fourth-order valence-electron chi connectivity index (χ4n) is 3.86. The normalized spacial score (nSPS) is 15.1. The zero-order chi connectivity index (χ0) is 24.1. The lowest BCUT2D eigenvalue weighted by Gasteiger charge is -2.34. The van der Waals surface area contributed by atoms with E-state index in [2.05, 4.69) is 10.2 Å². The number of sulfonamides is 1. The molecule has 0 unspecified atom stereocenters. The lowest BCUT2D eigenvalue weighted by atomic mass is 10.1. The minimum Gasteiger partial charge on any atom is -0.495 e. The van der Waals surface area contributed by atoms with Crippen molar-refractivity contribution in [1.29, 1.82) is 0 Å². The number of ether oxygens (including phenoxy) is 1. The van der Waals surface area contributed by atoms with E-state index < -0.39 is 10.0 Å². The molecule has 7 nitrogen and oxygen atoms in total. The molecule has 0 aromatic heterocycles. The molecule has 0 spiro atoms. The van der Waals surface area contributed by atoms with Crippen molar-refractivity contribution in [2.75, 3.05) is 38.6 Å². The maximum Gasteiger partial charge on any atom is 0.255 e. The molecule has 1 saturated heterocycles. The number of halogens is 1. The number of carbonyl (C=O) groups is 1. The Labute approximate surface area is 205 Å². The monoisotopic (exact) mass is 499 g/mol. The lowest BCUT2D eigenvalue weighted by molar-refractivity contribution is 0.102. The summed E-state index contributed by atoms with van der Waals surface area (Å²) >= 11 is 6.03. The predicted molar refractivity (Wildman–Crippen MR) is 133 cm³/mol. The fraction of sp³-hybridized carbons (Fsp3) is 0.240. The van der Waals surface area contributed by atoms with E-state index in [0.29, 0.717) is 59.6 Å². The number of carbonyl (C=O) groups excluding carboxylic acids is 1. The highest BCUT2D eigenvalue weighted by molar-refractivity contribution is 7.89. The number of piperazine rings is 1. The molecule has 0 saturated carbocycles. The van der Waals surface area contributed by atoms with Crippen LogP contribution in [0.2, 0.25) is 5.02 Å². The van der Waals surface area contributed by atoms with Crippen LogP contribution in [0.5, 0.6) is 5.75 Å². The first-order chi connectivity index (χ1) is 16.4. The molecule has 1 aliphatic heterocycles. The van der Waals surface area contributed by atoms with Gasteiger partial charge in [0.1, 0.15) is 5.75 Å². The zero-order valence-corrected chi connectivity index (χ0v) is 20.3. The van der Waals surface area contributed by atoms with Crippen LogP contribution in [0, 0.1) is 0 Å². The van der Waals surface area contributed by atoms with Crippen LogP contribution in [-0.2, 0) is 16.6 Å². The van der Waals surface area contributed by atoms with Gasteiger partial charge in [0.15, 0.2) is 0 Å². The molecule has 178 valence electrons. The topological polar surface area (TPSA) is 79.0 Å². The molecule has 0 atom stereocenters. The zero-order valence-electron chi connectivity index (χ0n) is 18.8. The van der Waals surface area contributed by atoms with Crippen molar-refractivity contribution in [3.05, 3.63) is 88.9 Å². The first kappa shape index (κ1) is 24.2. The smallest absolute Gasteiger partial charge is 0.255 e. The molecule has 0 aliphatic carbocycles. The third kappa shape index (κ3) is 5.59. The molecule has 1 heterocycles. The lowest BCUT2D eigenvalue weighted by Crippen LogP contribution is -2.48. The van der Waals surface area contributed by atoms with Crippen LogP contribution in [0.15, 0.2) is 77.7 Å². The van der Waals surface area contributed by atoms with Gasteiger partial charge in [-0.15, -0.1) is 0 Å². The van der Waals surface area contributed by atoms with Gasteiger partial charge < -0.3 is 10.1 Å². The number of anilines is 1. The third-order valence-electron chi connectivity index (χ3n) is 5.74. The summed E-state index contributed by atoms with van der Waals surface area (Å²) in [5.41, 5.74) is 2.08. The first-order valence-corrected chi connectivity index (χ1v) is 12.7. The second kappa shape index (κ2) is 10.6. The molecule has 9 heteroatoms. The molecule has 4 rings (SSSR count). The molecular formula is C25H26ClN3O4S. The van der Waals surface area contributed by atoms with Gasteiger partial charge in [-0.3, -0.25) is 9.69 Å². The van der Waals surface area contributed by atoms with Crippen LogP contribution in [0.4, 0.5) is 5.69 Å². The number of amides is 1. The number of hydrogen-bond donors (Lipinski definition) is 1. The number of rotatable bonds is 7. The highest BCUT2D eigenvalue weighted by atomic mass is 35.5. The summed E-state index contributed by atoms with van der Waals surface area (Å²) in [6.07, 6.45) is 0. The van der Waals surface area contributed by atoms with Gasteiger partial charge in [-0.25, -0.2) is 8.42 Å². The van der Waals surface area contributed by atoms with E-state index in [0.717, 1.165) is 5.56 Å². The van der Waals surface area contributed by atoms with Crippen molar-refractivity contribution in [2.24, 2.45) is 0 Å². The molecule has 1 fully saturated rings. The van der Waals surface area contributed by atoms with E-state index in [4.69, 9.17) is 16.3 Å². The van der Waals surface area contributed by atoms with Crippen LogP contribution in [0.1, 0.15) is 15.9 Å². The molecule has 1 aliphatic rings. The van der Waals surface area contributed by atoms with Gasteiger partial charge >= 0.3 is 0 Å². The van der Waals surface area contributed by atoms with Crippen molar-refractivity contribution in [3.63, 3.8) is 0 Å². The average molecular weight is 500 g/mol. The van der Waals surface area contributed by atoms with Gasteiger partial charge in [-0.05, 0) is 48.0 Å². The van der Waals surface area contributed by atoms with Gasteiger partial charge in [0.2, 0.25) is 10.0 Å². The molecule has 0 bridgehead atoms. The van der Waals surface area contributed by atoms with Crippen LogP contribution in [0.25, 0.3) is 0 Å². The van der Waals surface area contributed by atoms with Crippen molar-refractivity contribution in [1.82, 2.24) is 9.21 Å². The van der Waals surface area contributed by atoms with E-state index >= 15 is 0 Å². The highest BCUT2D eigenvalue weighted by Crippen LogP contribution is 2.28. The second-order valence-electron chi connectivity index (χ2n) is 7.99. The van der Waals surface area contributed by atoms with Crippen LogP contribution in [0.3, 0.4) is 0 Å². The average Bonchev–Trinajstić information content (AvgIpc) is 2.85. The Morgan fingerprint density at radius 1 is 0.971 bits per heavy atom. The molecule has 1 amide bonds. The van der Waals surface area contributed by atoms with Gasteiger partial charge in [0.05, 0.1) is 17.7 Å². The maximum absolute atomic E-state index is 12.8. The molecular weight excluding hydrogens is 474 g/mol. The number of nitrogens with one attached hydrogen (secondary N) is 1. The molecule has 3 aromatic rings. The Balaban J connectivity index is 1.33. The van der Waals surface area contributed by atoms with Crippen LogP contribution < -0.4 is 10.1 Å². The summed E-state index contributed by atoms with van der Waals surface area (Å²) in [6, 6.07) is 20.9. The van der Waals surface area contributed by atoms with Crippen molar-refractivity contribution < 1.29 is 17.9 Å². The third-order valence-corrected chi connectivity index (χ3v) is 7.89. The summed E-state index contributed by atoms with van der Waals surface area (Å²) in [5.74, 6) is 0.273. The Morgan fingerprint density at radius 3 is 2.29 bits per heavy atom. The quantitative estimate of drug-likeness (QED) is 0.529. The summed E-state index contributed by atoms with van der Waals surface area (Å²) in [4.78, 5) is 15.2. The minimum atomic E-state index is -3.46. The Kier molecular flexibility index (Phi) is 7.53. The van der Waals surface area contributed by atoms with Crippen LogP contribution >= 0.6 is 11.6 Å². The first-order valence-electron chi connectivity index (χ1n) is 10.9. The number of nitrogens with zero attached hydrogens (tertiary/aromatic N) is 2. The fourth-order valence-corrected chi connectivity index (χ4v) is 5.48. The van der Waals surface area contributed by atoms with Crippen molar-refractivity contribution >= 4 is 33.2 Å². The summed E-state index contributed by atoms with van der Waals surface area (Å²) in [6.45, 7) is 2.85. The number of methoxy groups -OCH3 is 1. The molecule has 1 N–H and O–H groups in total. The van der Waals surface area contributed by atoms with Gasteiger partial charge in [-0.2, -0.15) is 4.31 Å². The molecule has 0 radical (unpaired) electrons. The standard InChI is InChI=1S/C25H26ClN3O4S/c1-33-24-12-11-21(26)17-23(24)27-25(30)20-9-7-19(8-10-20)18-28-13-15-29(16-14-28)34(31,32)22-5-3-2-4-6-22/h2-12,17H,13-16,18H2,1H3,(H,27,30). The maximum atomic E-state index is 12.8. The molecule has 34 heavy (non-hydrogen) atoms. The Hall–Kier alpha value is -2.91. The van der Waals surface area contributed by atoms with Crippen molar-refractivity contribution in [3.8, 4) is 5.75 Å². The van der Waals surface area contributed by atoms with Gasteiger partial charge in [0, 0.05) is 43.3 Å². The SMILES string of the molecule is COc1ccc(Cl)cc1NC(=O)c1ccc(CN2CCN(S(=O)(=O)c3ccccc3)CC2)cc1. The van der Waals surface area contributed by atoms with E-state index in [-0.39, 0.29) is 5.91 Å². The van der Waals surface area contributed by atoms with Gasteiger partial charge in [0.25, 0.3) is 5.91 Å². The summed E-state index contributed by atoms with van der Waals surface area (Å²) in [5, 5.41) is 3.33. The van der Waals surface area contributed by atoms with Crippen molar-refractivity contribution in [2.45, 2.75) is 11.4 Å². The van der Waals surface area contributed by atoms with Gasteiger partial charge in [-0.1, -0.05) is 41.9 Å². The number of hydrogen-bond acceptors (Lipinski definition) is 5. The predicted octanol–water partition coefficient (Wildman–Crippen LogP) is 4.11. The Bertz CT molecular complexity index is 1240. The largest absolute Gasteiger partial charge is 0.495 e. The van der Waals surface area contributed by atoms with E-state index in [1.165, 1.54) is 11.4 Å². The van der Waals surface area contributed by atoms with E-state index in [9.17, 15) is 13.2 Å². The van der Waals surface area contributed by atoms with E-state index in [1.54, 1.807) is 60.7 Å². The minimum absolute atomic E-state index is 0.258. The summed E-state index contributed by atoms with van der Waals surface area (Å²) in [7, 11) is -1.93. The van der Waals surface area contributed by atoms with Crippen LogP contribution in [-0.4, -0.2) is 56.8 Å². The summed E-state index contributed by atoms with van der Waals surface area (Å²) < 4.78 is 32.4. The second-order valence-corrected chi connectivity index (χ2v) is 10.4.